The van der Waals surface area contributed by atoms with Crippen molar-refractivity contribution in [3.63, 3.8) is 0 Å². The molecule has 4 aromatic carbocycles. The molecule has 0 unspecified atom stereocenters. The first-order valence-corrected chi connectivity index (χ1v) is 20.1. The third kappa shape index (κ3) is 8.97. The Morgan fingerprint density at radius 2 is 1.61 bits per heavy atom. The predicted molar refractivity (Wildman–Crippen MR) is 199 cm³/mol. The largest absolute Gasteiger partial charge is 0.497 e. The van der Waals surface area contributed by atoms with Gasteiger partial charge in [0.25, 0.3) is 5.91 Å². The monoisotopic (exact) mass is 679 g/mol. The minimum Gasteiger partial charge on any atom is -0.497 e. The van der Waals surface area contributed by atoms with Gasteiger partial charge in [-0.15, -0.1) is 0 Å². The van der Waals surface area contributed by atoms with Crippen molar-refractivity contribution < 1.29 is 24.2 Å². The quantitative estimate of drug-likeness (QED) is 0.107. The van der Waals surface area contributed by atoms with Gasteiger partial charge in [0.1, 0.15) is 5.75 Å². The highest BCUT2D eigenvalue weighted by Gasteiger charge is 2.51. The van der Waals surface area contributed by atoms with Gasteiger partial charge in [-0.3, -0.25) is 9.59 Å². The molecule has 49 heavy (non-hydrogen) atoms. The molecule has 0 saturated carbocycles. The summed E-state index contributed by atoms with van der Waals surface area (Å²) in [6.07, 6.45) is 1.52. The van der Waals surface area contributed by atoms with Crippen LogP contribution in [-0.4, -0.2) is 62.4 Å². The second-order valence-corrected chi connectivity index (χ2v) is 18.3. The van der Waals surface area contributed by atoms with Gasteiger partial charge in [-0.25, -0.2) is 0 Å². The van der Waals surface area contributed by atoms with Gasteiger partial charge in [-0.05, 0) is 84.0 Å². The zero-order chi connectivity index (χ0) is 35.0. The Morgan fingerprint density at radius 3 is 2.29 bits per heavy atom. The van der Waals surface area contributed by atoms with E-state index in [2.05, 4.69) is 43.5 Å². The molecule has 2 amide bonds. The number of aliphatic hydroxyl groups is 1. The maximum Gasteiger partial charge on any atom is 0.255 e. The zero-order valence-corrected chi connectivity index (χ0v) is 30.0. The van der Waals surface area contributed by atoms with E-state index in [-0.39, 0.29) is 55.1 Å². The summed E-state index contributed by atoms with van der Waals surface area (Å²) < 4.78 is 12.3. The summed E-state index contributed by atoms with van der Waals surface area (Å²) in [7, 11) is -0.497. The molecule has 1 saturated heterocycles. The highest BCUT2D eigenvalue weighted by Crippen LogP contribution is 2.46. The molecule has 258 valence electrons. The fourth-order valence-corrected chi connectivity index (χ4v) is 11.4. The molecule has 4 aromatic rings. The Hall–Kier alpha value is -4.44. The number of nitrogens with two attached hydrogens (primary N) is 1. The Bertz CT molecular complexity index is 1680. The van der Waals surface area contributed by atoms with E-state index in [4.69, 9.17) is 15.2 Å². The lowest BCUT2D eigenvalue weighted by atomic mass is 9.95. The molecule has 0 aromatic heterocycles. The maximum atomic E-state index is 13.9. The third-order valence-corrected chi connectivity index (χ3v) is 14.3. The van der Waals surface area contributed by atoms with Crippen molar-refractivity contribution in [3.8, 4) is 5.75 Å². The number of hydrogen-bond donors (Lipinski definition) is 3. The molecule has 1 fully saturated rings. The number of nitrogen functional groups attached to an aromatic ring is 1. The maximum absolute atomic E-state index is 13.9. The van der Waals surface area contributed by atoms with Crippen molar-refractivity contribution in [1.82, 2.24) is 4.90 Å². The van der Waals surface area contributed by atoms with Crippen molar-refractivity contribution in [2.75, 3.05) is 31.3 Å². The molecule has 0 spiro atoms. The number of ether oxygens (including phenoxy) is 2. The van der Waals surface area contributed by atoms with E-state index in [0.717, 1.165) is 35.4 Å². The second kappa shape index (κ2) is 16.3. The Labute approximate surface area is 291 Å². The molecule has 1 heterocycles. The number of hydrogen-bond acceptors (Lipinski definition) is 6. The van der Waals surface area contributed by atoms with Crippen molar-refractivity contribution >= 4 is 36.4 Å². The number of benzene rings is 4. The third-order valence-electron chi connectivity index (χ3n) is 9.96. The highest BCUT2D eigenvalue weighted by molar-refractivity contribution is 6.91. The van der Waals surface area contributed by atoms with Crippen LogP contribution in [0.5, 0.6) is 5.75 Å². The smallest absolute Gasteiger partial charge is 0.255 e. The van der Waals surface area contributed by atoms with Gasteiger partial charge in [0.05, 0.1) is 40.4 Å². The summed E-state index contributed by atoms with van der Waals surface area (Å²) >= 11 is 0. The summed E-state index contributed by atoms with van der Waals surface area (Å²) in [6.45, 7) is 7.65. The van der Waals surface area contributed by atoms with Gasteiger partial charge in [-0.1, -0.05) is 79.8 Å². The van der Waals surface area contributed by atoms with Crippen molar-refractivity contribution in [1.29, 1.82) is 0 Å². The van der Waals surface area contributed by atoms with E-state index < -0.39 is 8.07 Å². The summed E-state index contributed by atoms with van der Waals surface area (Å²) in [5, 5.41) is 14.1. The fourth-order valence-electron chi connectivity index (χ4n) is 7.31. The number of nitrogens with zero attached hydrogens (tertiary/aromatic N) is 1. The van der Waals surface area contributed by atoms with E-state index in [1.54, 1.807) is 36.3 Å². The van der Waals surface area contributed by atoms with Crippen LogP contribution >= 0.6 is 0 Å². The van der Waals surface area contributed by atoms with Crippen molar-refractivity contribution in [3.05, 3.63) is 120 Å². The van der Waals surface area contributed by atoms with Gasteiger partial charge < -0.3 is 30.5 Å². The second-order valence-electron chi connectivity index (χ2n) is 13.6. The summed E-state index contributed by atoms with van der Waals surface area (Å²) in [5.41, 5.74) is 9.99. The van der Waals surface area contributed by atoms with E-state index in [9.17, 15) is 14.7 Å². The Morgan fingerprint density at radius 1 is 0.918 bits per heavy atom. The van der Waals surface area contributed by atoms with Crippen LogP contribution in [0.3, 0.4) is 0 Å². The molecular formula is C40H49N3O5Si. The number of carbonyl (C=O) groups excluding carboxylic acids is 2. The number of carbonyl (C=O) groups is 2. The van der Waals surface area contributed by atoms with E-state index in [1.165, 1.54) is 5.19 Å². The molecule has 1 aliphatic heterocycles. The lowest BCUT2D eigenvalue weighted by Crippen LogP contribution is -2.51. The van der Waals surface area contributed by atoms with Crippen LogP contribution in [0, 0.1) is 5.92 Å². The van der Waals surface area contributed by atoms with Crippen LogP contribution in [-0.2, 0) is 22.5 Å². The summed E-state index contributed by atoms with van der Waals surface area (Å²) in [4.78, 5) is 28.5. The average Bonchev–Trinajstić information content (AvgIpc) is 3.42. The summed E-state index contributed by atoms with van der Waals surface area (Å²) in [5.74, 6) is 0.843. The van der Waals surface area contributed by atoms with Gasteiger partial charge in [0.15, 0.2) is 0 Å². The molecule has 4 atom stereocenters. The normalized spacial score (nSPS) is 19.0. The van der Waals surface area contributed by atoms with Crippen LogP contribution < -0.4 is 21.0 Å². The minimum atomic E-state index is -2.17. The number of anilines is 2. The lowest BCUT2D eigenvalue weighted by Gasteiger charge is -2.36. The van der Waals surface area contributed by atoms with E-state index in [0.29, 0.717) is 17.8 Å². The van der Waals surface area contributed by atoms with Gasteiger partial charge >= 0.3 is 0 Å². The number of aryl methyl sites for hydroxylation is 1. The molecule has 0 radical (unpaired) electrons. The van der Waals surface area contributed by atoms with Crippen molar-refractivity contribution in [2.24, 2.45) is 5.92 Å². The number of methoxy groups -OCH3 is 1. The first kappa shape index (κ1) is 35.9. The van der Waals surface area contributed by atoms with Crippen LogP contribution in [0.15, 0.2) is 103 Å². The Balaban J connectivity index is 1.33. The van der Waals surface area contributed by atoms with E-state index >= 15 is 0 Å². The van der Waals surface area contributed by atoms with Gasteiger partial charge in [0, 0.05) is 30.0 Å². The molecule has 0 bridgehead atoms. The van der Waals surface area contributed by atoms with Crippen LogP contribution in [0.4, 0.5) is 11.4 Å². The number of nitrogens with one attached hydrogen (secondary N) is 1. The Kier molecular flexibility index (Phi) is 11.9. The van der Waals surface area contributed by atoms with Crippen LogP contribution in [0.25, 0.3) is 0 Å². The molecule has 4 N–H and O–H groups in total. The van der Waals surface area contributed by atoms with Crippen molar-refractivity contribution in [2.45, 2.75) is 63.6 Å². The zero-order valence-electron chi connectivity index (χ0n) is 29.0. The SMILES string of the molecule is COc1ccc([Si](C)(C)[C@H]2[C@H](C)[C@H](CCc3cccc(NC(=O)c4ccc(N)cc4)c3)O[C@@H]2CC(=O)N(CCO)Cc2ccccc2)cc1. The highest BCUT2D eigenvalue weighted by atomic mass is 28.3. The summed E-state index contributed by atoms with van der Waals surface area (Å²) in [6, 6.07) is 33.1. The molecule has 9 heteroatoms. The molecular weight excluding hydrogens is 631 g/mol. The molecule has 8 nitrogen and oxygen atoms in total. The number of rotatable bonds is 14. The average molecular weight is 680 g/mol. The predicted octanol–water partition coefficient (Wildman–Crippen LogP) is 6.26. The number of amides is 2. The van der Waals surface area contributed by atoms with Gasteiger partial charge in [0.2, 0.25) is 5.91 Å². The lowest BCUT2D eigenvalue weighted by molar-refractivity contribution is -0.135. The molecule has 0 aliphatic carbocycles. The van der Waals surface area contributed by atoms with Crippen LogP contribution in [0.2, 0.25) is 18.6 Å². The topological polar surface area (TPSA) is 114 Å². The molecule has 5 rings (SSSR count). The van der Waals surface area contributed by atoms with E-state index in [1.807, 2.05) is 60.7 Å². The standard InChI is InChI=1S/C40H49N3O5Si/c1-28-36(22-13-29-11-8-12-33(25-29)42-40(46)31-14-16-32(41)17-15-31)48-37(39(28)49(3,4)35-20-18-34(47-2)19-21-35)26-38(45)43(23-24-44)27-30-9-6-5-7-10-30/h5-12,14-21,25,28,36-37,39,44H,13,22-24,26-27,41H2,1-4H3,(H,42,46)/t28-,36+,37-,39+/m1/s1. The molecule has 1 aliphatic rings. The first-order chi connectivity index (χ1) is 23.6. The first-order valence-electron chi connectivity index (χ1n) is 17.1. The van der Waals surface area contributed by atoms with Crippen LogP contribution in [0.1, 0.15) is 41.3 Å². The van der Waals surface area contributed by atoms with Gasteiger partial charge in [-0.2, -0.15) is 0 Å². The minimum absolute atomic E-state index is 0.00942. The number of aliphatic hydroxyl groups excluding tert-OH is 1. The fraction of sp³-hybridized carbons (Fsp3) is 0.350.